The van der Waals surface area contributed by atoms with Gasteiger partial charge in [-0.25, -0.2) is 0 Å². The maximum Gasteiger partial charge on any atom is 0.240 e. The summed E-state index contributed by atoms with van der Waals surface area (Å²) in [6, 6.07) is -0.551. The Bertz CT molecular complexity index is 398. The summed E-state index contributed by atoms with van der Waals surface area (Å²) >= 11 is 0. The molecule has 0 radical (unpaired) electrons. The van der Waals surface area contributed by atoms with Gasteiger partial charge in [0.25, 0.3) is 0 Å². The molecule has 0 saturated heterocycles. The van der Waals surface area contributed by atoms with Crippen molar-refractivity contribution >= 4 is 11.8 Å². The summed E-state index contributed by atoms with van der Waals surface area (Å²) in [6.45, 7) is 8.45. The smallest absolute Gasteiger partial charge is 0.240 e. The van der Waals surface area contributed by atoms with Crippen LogP contribution >= 0.6 is 0 Å². The van der Waals surface area contributed by atoms with Crippen molar-refractivity contribution in [3.8, 4) is 0 Å². The van der Waals surface area contributed by atoms with Crippen LogP contribution in [0.5, 0.6) is 0 Å². The largest absolute Gasteiger partial charge is 0.368 e. The Balaban J connectivity index is 3.67. The summed E-state index contributed by atoms with van der Waals surface area (Å²) in [5.74, 6) is -0.0409. The van der Waals surface area contributed by atoms with Crippen molar-refractivity contribution in [3.05, 3.63) is 0 Å². The van der Waals surface area contributed by atoms with E-state index in [2.05, 4.69) is 26.1 Å². The van der Waals surface area contributed by atoms with Crippen LogP contribution < -0.4 is 11.1 Å². The number of primary amides is 1. The van der Waals surface area contributed by atoms with Crippen LogP contribution in [0.1, 0.15) is 124 Å². The molecule has 28 heavy (non-hydrogen) atoms. The van der Waals surface area contributed by atoms with Gasteiger partial charge in [-0.05, 0) is 18.3 Å². The number of unbranched alkanes of at least 4 members (excludes halogenated alkanes) is 12. The molecule has 3 N–H and O–H groups in total. The molecule has 0 aliphatic heterocycles. The Morgan fingerprint density at radius 2 is 1.18 bits per heavy atom. The van der Waals surface area contributed by atoms with Gasteiger partial charge in [-0.15, -0.1) is 0 Å². The van der Waals surface area contributed by atoms with E-state index in [1.54, 1.807) is 0 Å². The van der Waals surface area contributed by atoms with Gasteiger partial charge >= 0.3 is 0 Å². The Morgan fingerprint density at radius 1 is 0.750 bits per heavy atom. The highest BCUT2D eigenvalue weighted by molar-refractivity contribution is 5.86. The van der Waals surface area contributed by atoms with E-state index in [1.165, 1.54) is 70.6 Å². The summed E-state index contributed by atoms with van der Waals surface area (Å²) in [5.41, 5.74) is 5.50. The van der Waals surface area contributed by atoms with Gasteiger partial charge in [-0.3, -0.25) is 9.59 Å². The molecule has 0 heterocycles. The van der Waals surface area contributed by atoms with Crippen LogP contribution in [0.2, 0.25) is 0 Å². The molecule has 166 valence electrons. The molecule has 0 spiro atoms. The lowest BCUT2D eigenvalue weighted by molar-refractivity contribution is -0.129. The van der Waals surface area contributed by atoms with Crippen LogP contribution in [0.3, 0.4) is 0 Å². The van der Waals surface area contributed by atoms with Crippen molar-refractivity contribution in [1.29, 1.82) is 0 Å². The first-order chi connectivity index (χ1) is 13.4. The number of hydrogen-bond donors (Lipinski definition) is 2. The van der Waals surface area contributed by atoms with E-state index in [0.29, 0.717) is 12.3 Å². The molecule has 2 amide bonds. The maximum atomic E-state index is 12.2. The normalized spacial score (nSPS) is 14.4. The fourth-order valence-electron chi connectivity index (χ4n) is 3.71. The molecule has 0 fully saturated rings. The Labute approximate surface area is 174 Å². The first-order valence-corrected chi connectivity index (χ1v) is 12.0. The van der Waals surface area contributed by atoms with Crippen LogP contribution in [0.15, 0.2) is 0 Å². The number of amides is 2. The lowest BCUT2D eigenvalue weighted by Gasteiger charge is -2.26. The standard InChI is InChI=1S/C24H48N2O2/c1-5-7-8-9-10-11-12-13-14-15-16-17-18-19-22(27)26-23(24(25)28)21(4)20(3)6-2/h20-21,23H,5-19H2,1-4H3,(H2,25,28)(H,26,27). The van der Waals surface area contributed by atoms with Crippen LogP contribution in [0.25, 0.3) is 0 Å². The van der Waals surface area contributed by atoms with Crippen LogP contribution in [-0.2, 0) is 9.59 Å². The van der Waals surface area contributed by atoms with Gasteiger partial charge in [0.15, 0.2) is 0 Å². The highest BCUT2D eigenvalue weighted by Crippen LogP contribution is 2.19. The van der Waals surface area contributed by atoms with Crippen molar-refractivity contribution in [2.45, 2.75) is 130 Å². The fraction of sp³-hybridized carbons (Fsp3) is 0.917. The van der Waals surface area contributed by atoms with Gasteiger partial charge in [-0.2, -0.15) is 0 Å². The molecule has 0 aliphatic carbocycles. The van der Waals surface area contributed by atoms with E-state index in [1.807, 2.05) is 6.92 Å². The van der Waals surface area contributed by atoms with Crippen molar-refractivity contribution < 1.29 is 9.59 Å². The van der Waals surface area contributed by atoms with E-state index in [-0.39, 0.29) is 11.8 Å². The highest BCUT2D eigenvalue weighted by Gasteiger charge is 2.27. The van der Waals surface area contributed by atoms with E-state index >= 15 is 0 Å². The molecule has 0 aromatic rings. The molecule has 0 aromatic heterocycles. The number of nitrogens with one attached hydrogen (secondary N) is 1. The van der Waals surface area contributed by atoms with Crippen molar-refractivity contribution in [2.75, 3.05) is 0 Å². The van der Waals surface area contributed by atoms with Gasteiger partial charge in [-0.1, -0.05) is 111 Å². The SMILES string of the molecule is CCCCCCCCCCCCCCCC(=O)NC(C(N)=O)C(C)C(C)CC. The van der Waals surface area contributed by atoms with Crippen molar-refractivity contribution in [3.63, 3.8) is 0 Å². The minimum atomic E-state index is -0.551. The molecule has 4 nitrogen and oxygen atoms in total. The number of carbonyl (C=O) groups excluding carboxylic acids is 2. The average molecular weight is 397 g/mol. The molecular formula is C24H48N2O2. The van der Waals surface area contributed by atoms with Gasteiger partial charge in [0.2, 0.25) is 11.8 Å². The minimum Gasteiger partial charge on any atom is -0.368 e. The topological polar surface area (TPSA) is 72.2 Å². The second-order valence-corrected chi connectivity index (χ2v) is 8.68. The van der Waals surface area contributed by atoms with Crippen LogP contribution in [0, 0.1) is 11.8 Å². The molecule has 0 rings (SSSR count). The molecular weight excluding hydrogens is 348 g/mol. The van der Waals surface area contributed by atoms with Crippen LogP contribution in [0.4, 0.5) is 0 Å². The maximum absolute atomic E-state index is 12.2. The van der Waals surface area contributed by atoms with Gasteiger partial charge in [0.1, 0.15) is 6.04 Å². The minimum absolute atomic E-state index is 0.0398. The average Bonchev–Trinajstić information content (AvgIpc) is 2.68. The lowest BCUT2D eigenvalue weighted by atomic mass is 9.86. The third-order valence-electron chi connectivity index (χ3n) is 6.20. The third-order valence-corrected chi connectivity index (χ3v) is 6.20. The third kappa shape index (κ3) is 14.0. The van der Waals surface area contributed by atoms with E-state index < -0.39 is 11.9 Å². The second-order valence-electron chi connectivity index (χ2n) is 8.68. The molecule has 4 heteroatoms. The van der Waals surface area contributed by atoms with E-state index in [4.69, 9.17) is 5.73 Å². The fourth-order valence-corrected chi connectivity index (χ4v) is 3.71. The monoisotopic (exact) mass is 396 g/mol. The summed E-state index contributed by atoms with van der Waals surface area (Å²) in [6.07, 6.45) is 18.3. The molecule has 3 unspecified atom stereocenters. The quantitative estimate of drug-likeness (QED) is 0.258. The molecule has 0 aromatic carbocycles. The zero-order valence-corrected chi connectivity index (χ0v) is 19.2. The van der Waals surface area contributed by atoms with Gasteiger partial charge < -0.3 is 11.1 Å². The van der Waals surface area contributed by atoms with Crippen LogP contribution in [-0.4, -0.2) is 17.9 Å². The molecule has 0 saturated carbocycles. The first kappa shape index (κ1) is 26.9. The van der Waals surface area contributed by atoms with Gasteiger partial charge in [0, 0.05) is 6.42 Å². The van der Waals surface area contributed by atoms with Gasteiger partial charge in [0.05, 0.1) is 0 Å². The number of hydrogen-bond acceptors (Lipinski definition) is 2. The van der Waals surface area contributed by atoms with Crippen molar-refractivity contribution in [2.24, 2.45) is 17.6 Å². The predicted octanol–water partition coefficient (Wildman–Crippen LogP) is 6.12. The molecule has 0 aliphatic rings. The summed E-state index contributed by atoms with van der Waals surface area (Å²) < 4.78 is 0. The Hall–Kier alpha value is -1.06. The Kier molecular flexibility index (Phi) is 17.3. The lowest BCUT2D eigenvalue weighted by Crippen LogP contribution is -2.49. The first-order valence-electron chi connectivity index (χ1n) is 12.0. The number of nitrogens with two attached hydrogens (primary N) is 1. The summed E-state index contributed by atoms with van der Waals surface area (Å²) in [7, 11) is 0. The zero-order valence-electron chi connectivity index (χ0n) is 19.2. The number of rotatable bonds is 19. The summed E-state index contributed by atoms with van der Waals surface area (Å²) in [4.78, 5) is 23.8. The van der Waals surface area contributed by atoms with E-state index in [9.17, 15) is 9.59 Å². The second kappa shape index (κ2) is 18.0. The molecule has 0 bridgehead atoms. The Morgan fingerprint density at radius 3 is 1.57 bits per heavy atom. The van der Waals surface area contributed by atoms with Crippen molar-refractivity contribution in [1.82, 2.24) is 5.32 Å². The number of carbonyl (C=O) groups is 2. The predicted molar refractivity (Wildman–Crippen MR) is 120 cm³/mol. The zero-order chi connectivity index (χ0) is 21.2. The molecule has 3 atom stereocenters. The van der Waals surface area contributed by atoms with E-state index in [0.717, 1.165) is 19.3 Å². The highest BCUT2D eigenvalue weighted by atomic mass is 16.2. The summed E-state index contributed by atoms with van der Waals surface area (Å²) in [5, 5.41) is 2.86.